The molecule has 0 radical (unpaired) electrons. The summed E-state index contributed by atoms with van der Waals surface area (Å²) in [5.41, 5.74) is 4.32. The fraction of sp³-hybridized carbons (Fsp3) is 0.368. The van der Waals surface area contributed by atoms with Gasteiger partial charge in [0, 0.05) is 41.5 Å². The highest BCUT2D eigenvalue weighted by Crippen LogP contribution is 2.38. The first kappa shape index (κ1) is 17.2. The molecular formula is C19H21N3O3. The number of nitrogens with zero attached hydrogens (tertiary/aromatic N) is 3. The molecule has 2 unspecified atom stereocenters. The molecule has 130 valence electrons. The molecule has 0 spiro atoms. The van der Waals surface area contributed by atoms with Gasteiger partial charge in [0.2, 0.25) is 0 Å². The molecule has 1 aromatic heterocycles. The number of benzene rings is 1. The highest BCUT2D eigenvalue weighted by molar-refractivity contribution is 5.69. The van der Waals surface area contributed by atoms with Crippen LogP contribution in [0, 0.1) is 17.0 Å². The lowest BCUT2D eigenvalue weighted by Crippen LogP contribution is -2.32. The molecule has 0 saturated carbocycles. The van der Waals surface area contributed by atoms with Crippen molar-refractivity contribution >= 4 is 12.0 Å². The van der Waals surface area contributed by atoms with Gasteiger partial charge in [-0.25, -0.2) is 0 Å². The van der Waals surface area contributed by atoms with Crippen molar-refractivity contribution in [3.05, 3.63) is 57.3 Å². The Labute approximate surface area is 146 Å². The van der Waals surface area contributed by atoms with E-state index in [4.69, 9.17) is 0 Å². The Morgan fingerprint density at radius 2 is 2.20 bits per heavy atom. The molecule has 0 fully saturated rings. The third-order valence-electron chi connectivity index (χ3n) is 4.98. The average Bonchev–Trinajstić information content (AvgIpc) is 3.00. The Balaban J connectivity index is 2.06. The van der Waals surface area contributed by atoms with E-state index in [0.717, 1.165) is 29.5 Å². The number of aromatic nitrogens is 1. The number of hydrogen-bond acceptors (Lipinski definition) is 5. The van der Waals surface area contributed by atoms with Crippen molar-refractivity contribution in [2.24, 2.45) is 0 Å². The number of nitro groups is 1. The van der Waals surface area contributed by atoms with Gasteiger partial charge in [-0.2, -0.15) is 0 Å². The maximum Gasteiger partial charge on any atom is 0.270 e. The van der Waals surface area contributed by atoms with Crippen LogP contribution >= 0.6 is 0 Å². The highest BCUT2D eigenvalue weighted by Gasteiger charge is 2.34. The maximum absolute atomic E-state index is 11.7. The second-order valence-corrected chi connectivity index (χ2v) is 6.48. The molecule has 25 heavy (non-hydrogen) atoms. The lowest BCUT2D eigenvalue weighted by molar-refractivity contribution is -0.384. The molecule has 3 rings (SSSR count). The van der Waals surface area contributed by atoms with E-state index in [-0.39, 0.29) is 11.7 Å². The number of hydrogen-bond donors (Lipinski definition) is 0. The summed E-state index contributed by atoms with van der Waals surface area (Å²) < 4.78 is 0. The van der Waals surface area contributed by atoms with Gasteiger partial charge in [0.05, 0.1) is 16.7 Å². The van der Waals surface area contributed by atoms with Crippen LogP contribution in [0.25, 0.3) is 11.3 Å². The summed E-state index contributed by atoms with van der Waals surface area (Å²) in [7, 11) is 0. The van der Waals surface area contributed by atoms with Gasteiger partial charge in [0.15, 0.2) is 0 Å². The predicted molar refractivity (Wildman–Crippen MR) is 95.2 cm³/mol. The number of rotatable bonds is 5. The molecule has 1 aromatic carbocycles. The van der Waals surface area contributed by atoms with Gasteiger partial charge < -0.3 is 4.79 Å². The number of aldehydes is 1. The zero-order chi connectivity index (χ0) is 18.1. The first-order valence-corrected chi connectivity index (χ1v) is 8.42. The minimum atomic E-state index is -0.406. The van der Waals surface area contributed by atoms with Crippen LogP contribution in [-0.4, -0.2) is 27.1 Å². The largest absolute Gasteiger partial charge is 0.301 e. The van der Waals surface area contributed by atoms with Crippen LogP contribution in [0.3, 0.4) is 0 Å². The van der Waals surface area contributed by atoms with Crippen LogP contribution in [0.1, 0.15) is 43.1 Å². The van der Waals surface area contributed by atoms with E-state index in [2.05, 4.69) is 23.7 Å². The summed E-state index contributed by atoms with van der Waals surface area (Å²) in [6.07, 6.45) is 1.95. The number of carbonyl (C=O) groups is 1. The number of fused-ring (bicyclic) bond motifs is 1. The fourth-order valence-corrected chi connectivity index (χ4v) is 3.48. The van der Waals surface area contributed by atoms with E-state index in [1.54, 1.807) is 6.07 Å². The first-order valence-electron chi connectivity index (χ1n) is 8.42. The molecule has 2 atom stereocenters. The summed E-state index contributed by atoms with van der Waals surface area (Å²) in [6, 6.07) is 8.47. The zero-order valence-electron chi connectivity index (χ0n) is 14.6. The van der Waals surface area contributed by atoms with Crippen molar-refractivity contribution in [3.8, 4) is 11.3 Å². The minimum absolute atomic E-state index is 0.0458. The van der Waals surface area contributed by atoms with E-state index >= 15 is 0 Å². The number of nitro benzene ring substituents is 1. The third kappa shape index (κ3) is 3.05. The van der Waals surface area contributed by atoms with Gasteiger partial charge in [-0.05, 0) is 31.9 Å². The van der Waals surface area contributed by atoms with E-state index in [1.165, 1.54) is 12.1 Å². The van der Waals surface area contributed by atoms with Gasteiger partial charge >= 0.3 is 0 Å². The second kappa shape index (κ2) is 6.72. The standard InChI is InChI=1S/C19H21N3O3/c1-4-12(2)21-10-15-9-17(20-13(3)19(15)18(21)11-23)14-6-5-7-16(8-14)22(24)25/h5-9,11-12,18H,4,10H2,1-3H3. The summed E-state index contributed by atoms with van der Waals surface area (Å²) >= 11 is 0. The van der Waals surface area contributed by atoms with Gasteiger partial charge in [-0.1, -0.05) is 19.1 Å². The van der Waals surface area contributed by atoms with Crippen LogP contribution in [-0.2, 0) is 11.3 Å². The van der Waals surface area contributed by atoms with Gasteiger partial charge in [0.1, 0.15) is 6.29 Å². The first-order chi connectivity index (χ1) is 12.0. The maximum atomic E-state index is 11.7. The Kier molecular flexibility index (Phi) is 4.63. The quantitative estimate of drug-likeness (QED) is 0.470. The Morgan fingerprint density at radius 1 is 1.44 bits per heavy atom. The SMILES string of the molecule is CCC(C)N1Cc2cc(-c3cccc([N+](=O)[O-])c3)nc(C)c2C1C=O. The molecule has 6 nitrogen and oxygen atoms in total. The van der Waals surface area contributed by atoms with E-state index in [0.29, 0.717) is 23.8 Å². The van der Waals surface area contributed by atoms with E-state index < -0.39 is 4.92 Å². The summed E-state index contributed by atoms with van der Waals surface area (Å²) in [6.45, 7) is 6.82. The minimum Gasteiger partial charge on any atom is -0.301 e. The molecular weight excluding hydrogens is 318 g/mol. The van der Waals surface area contributed by atoms with Gasteiger partial charge in [0.25, 0.3) is 5.69 Å². The zero-order valence-corrected chi connectivity index (χ0v) is 14.6. The molecule has 0 aliphatic carbocycles. The summed E-state index contributed by atoms with van der Waals surface area (Å²) in [5, 5.41) is 11.0. The van der Waals surface area contributed by atoms with Crippen molar-refractivity contribution in [2.75, 3.05) is 0 Å². The van der Waals surface area contributed by atoms with Crippen LogP contribution in [0.4, 0.5) is 5.69 Å². The lowest BCUT2D eigenvalue weighted by Gasteiger charge is -2.27. The third-order valence-corrected chi connectivity index (χ3v) is 4.98. The molecule has 2 heterocycles. The lowest BCUT2D eigenvalue weighted by atomic mass is 10.0. The van der Waals surface area contributed by atoms with Crippen molar-refractivity contribution in [2.45, 2.75) is 45.8 Å². The number of carbonyl (C=O) groups excluding carboxylic acids is 1. The number of non-ortho nitro benzene ring substituents is 1. The fourth-order valence-electron chi connectivity index (χ4n) is 3.48. The number of aryl methyl sites for hydroxylation is 1. The molecule has 6 heteroatoms. The van der Waals surface area contributed by atoms with Crippen LogP contribution in [0.5, 0.6) is 0 Å². The van der Waals surface area contributed by atoms with Crippen molar-refractivity contribution < 1.29 is 9.72 Å². The predicted octanol–water partition coefficient (Wildman–Crippen LogP) is 3.82. The molecule has 0 saturated heterocycles. The summed E-state index contributed by atoms with van der Waals surface area (Å²) in [4.78, 5) is 29.1. The topological polar surface area (TPSA) is 76.3 Å². The smallest absolute Gasteiger partial charge is 0.270 e. The highest BCUT2D eigenvalue weighted by atomic mass is 16.6. The van der Waals surface area contributed by atoms with Gasteiger partial charge in [-0.15, -0.1) is 0 Å². The Hall–Kier alpha value is -2.60. The molecule has 0 amide bonds. The molecule has 2 aromatic rings. The molecule has 0 bridgehead atoms. The number of pyridine rings is 1. The Morgan fingerprint density at radius 3 is 2.84 bits per heavy atom. The monoisotopic (exact) mass is 339 g/mol. The average molecular weight is 339 g/mol. The molecule has 1 aliphatic heterocycles. The van der Waals surface area contributed by atoms with Crippen molar-refractivity contribution in [1.82, 2.24) is 9.88 Å². The van der Waals surface area contributed by atoms with Crippen LogP contribution in [0.15, 0.2) is 30.3 Å². The van der Waals surface area contributed by atoms with Gasteiger partial charge in [-0.3, -0.25) is 20.0 Å². The second-order valence-electron chi connectivity index (χ2n) is 6.48. The summed E-state index contributed by atoms with van der Waals surface area (Å²) in [5.74, 6) is 0. The van der Waals surface area contributed by atoms with Crippen molar-refractivity contribution in [1.29, 1.82) is 0 Å². The van der Waals surface area contributed by atoms with E-state index in [9.17, 15) is 14.9 Å². The molecule has 1 aliphatic rings. The van der Waals surface area contributed by atoms with E-state index in [1.807, 2.05) is 19.1 Å². The van der Waals surface area contributed by atoms with Crippen LogP contribution < -0.4 is 0 Å². The molecule has 0 N–H and O–H groups in total. The Bertz CT molecular complexity index is 835. The van der Waals surface area contributed by atoms with Crippen molar-refractivity contribution in [3.63, 3.8) is 0 Å². The van der Waals surface area contributed by atoms with Crippen LogP contribution in [0.2, 0.25) is 0 Å². The normalized spacial score (nSPS) is 18.0.